The van der Waals surface area contributed by atoms with Crippen LogP contribution in [0.5, 0.6) is 0 Å². The van der Waals surface area contributed by atoms with Gasteiger partial charge in [-0.25, -0.2) is 18.4 Å². The fourth-order valence-corrected chi connectivity index (χ4v) is 3.19. The third-order valence-electron chi connectivity index (χ3n) is 2.83. The highest BCUT2D eigenvalue weighted by atomic mass is 79.9. The van der Waals surface area contributed by atoms with Crippen molar-refractivity contribution in [1.29, 1.82) is 0 Å². The van der Waals surface area contributed by atoms with Crippen molar-refractivity contribution in [2.24, 2.45) is 5.14 Å². The third-order valence-corrected chi connectivity index (χ3v) is 4.33. The molecule has 7 heteroatoms. The second-order valence-corrected chi connectivity index (χ2v) is 6.91. The van der Waals surface area contributed by atoms with E-state index in [0.717, 1.165) is 19.3 Å². The summed E-state index contributed by atoms with van der Waals surface area (Å²) in [4.78, 5) is 11.9. The Hall–Kier alpha value is -0.920. The number of sulfonamides is 1. The largest absolute Gasteiger partial charge is 0.462 e. The van der Waals surface area contributed by atoms with Crippen molar-refractivity contribution in [3.05, 3.63) is 27.7 Å². The summed E-state index contributed by atoms with van der Waals surface area (Å²) in [6.45, 7) is 3.91. The number of hydrogen-bond acceptors (Lipinski definition) is 4. The first-order valence-electron chi connectivity index (χ1n) is 6.27. The molecule has 0 fully saturated rings. The van der Waals surface area contributed by atoms with Gasteiger partial charge < -0.3 is 4.74 Å². The molecule has 2 N–H and O–H groups in total. The van der Waals surface area contributed by atoms with Gasteiger partial charge in [0.15, 0.2) is 0 Å². The van der Waals surface area contributed by atoms with Gasteiger partial charge in [-0.15, -0.1) is 0 Å². The zero-order valence-electron chi connectivity index (χ0n) is 11.5. The Kier molecular flexibility index (Phi) is 6.16. The molecular weight excluding hydrogens is 346 g/mol. The van der Waals surface area contributed by atoms with E-state index < -0.39 is 16.0 Å². The maximum Gasteiger partial charge on any atom is 0.338 e. The van der Waals surface area contributed by atoms with E-state index in [9.17, 15) is 13.2 Å². The number of nitrogens with two attached hydrogens (primary N) is 1. The number of benzene rings is 1. The van der Waals surface area contributed by atoms with Crippen molar-refractivity contribution >= 4 is 31.9 Å². The van der Waals surface area contributed by atoms with Crippen molar-refractivity contribution in [3.63, 3.8) is 0 Å². The van der Waals surface area contributed by atoms with Crippen LogP contribution in [0.4, 0.5) is 0 Å². The summed E-state index contributed by atoms with van der Waals surface area (Å²) in [5.74, 6) is -0.537. The standard InChI is InChI=1S/C13H18BrNO4S/c1-3-4-5-6-19-13(16)11-7-10(14)8-12(9(11)2)20(15,17)18/h7-8H,3-6H2,1-2H3,(H2,15,17,18). The van der Waals surface area contributed by atoms with Crippen LogP contribution in [0, 0.1) is 6.92 Å². The number of ether oxygens (including phenoxy) is 1. The second-order valence-electron chi connectivity index (χ2n) is 4.46. The minimum atomic E-state index is -3.88. The van der Waals surface area contributed by atoms with Crippen LogP contribution in [0.3, 0.4) is 0 Å². The van der Waals surface area contributed by atoms with E-state index in [2.05, 4.69) is 22.9 Å². The van der Waals surface area contributed by atoms with E-state index in [1.807, 2.05) is 0 Å². The molecule has 0 heterocycles. The smallest absolute Gasteiger partial charge is 0.338 e. The molecule has 5 nitrogen and oxygen atoms in total. The van der Waals surface area contributed by atoms with Gasteiger partial charge in [-0.2, -0.15) is 0 Å². The Morgan fingerprint density at radius 2 is 2.00 bits per heavy atom. The molecule has 1 aromatic carbocycles. The molecule has 20 heavy (non-hydrogen) atoms. The number of carbonyl (C=O) groups is 1. The molecule has 1 aromatic rings. The maximum absolute atomic E-state index is 12.0. The highest BCUT2D eigenvalue weighted by Crippen LogP contribution is 2.24. The molecule has 1 rings (SSSR count). The fraction of sp³-hybridized carbons (Fsp3) is 0.462. The van der Waals surface area contributed by atoms with E-state index in [-0.39, 0.29) is 10.5 Å². The molecule has 0 atom stereocenters. The van der Waals surface area contributed by atoms with Crippen LogP contribution >= 0.6 is 15.9 Å². The normalized spacial score (nSPS) is 11.4. The van der Waals surface area contributed by atoms with E-state index in [1.54, 1.807) is 0 Å². The van der Waals surface area contributed by atoms with Gasteiger partial charge in [0.05, 0.1) is 17.1 Å². The molecule has 0 unspecified atom stereocenters. The Morgan fingerprint density at radius 1 is 1.35 bits per heavy atom. The van der Waals surface area contributed by atoms with Gasteiger partial charge >= 0.3 is 5.97 Å². The summed E-state index contributed by atoms with van der Waals surface area (Å²) in [5, 5.41) is 5.13. The summed E-state index contributed by atoms with van der Waals surface area (Å²) in [5.41, 5.74) is 0.510. The monoisotopic (exact) mass is 363 g/mol. The Balaban J connectivity index is 3.01. The van der Waals surface area contributed by atoms with Gasteiger partial charge in [0.2, 0.25) is 10.0 Å². The Morgan fingerprint density at radius 3 is 2.55 bits per heavy atom. The van der Waals surface area contributed by atoms with E-state index in [1.165, 1.54) is 19.1 Å². The van der Waals surface area contributed by atoms with E-state index in [0.29, 0.717) is 16.6 Å². The van der Waals surface area contributed by atoms with Crippen LogP contribution in [0.2, 0.25) is 0 Å². The first kappa shape index (κ1) is 17.1. The zero-order valence-corrected chi connectivity index (χ0v) is 13.9. The minimum absolute atomic E-state index is 0.0765. The number of esters is 1. The molecule has 0 amide bonds. The van der Waals surface area contributed by atoms with Crippen molar-refractivity contribution in [2.45, 2.75) is 38.0 Å². The average molecular weight is 364 g/mol. The summed E-state index contributed by atoms with van der Waals surface area (Å²) < 4.78 is 28.6. The van der Waals surface area contributed by atoms with Gasteiger partial charge in [0.25, 0.3) is 0 Å². The number of hydrogen-bond donors (Lipinski definition) is 1. The lowest BCUT2D eigenvalue weighted by Gasteiger charge is -2.11. The summed E-state index contributed by atoms with van der Waals surface area (Å²) >= 11 is 3.17. The van der Waals surface area contributed by atoms with Crippen molar-refractivity contribution in [3.8, 4) is 0 Å². The Labute approximate surface area is 127 Å². The number of carbonyl (C=O) groups excluding carboxylic acids is 1. The summed E-state index contributed by atoms with van der Waals surface area (Å²) in [6.07, 6.45) is 2.80. The van der Waals surface area contributed by atoms with Crippen LogP contribution < -0.4 is 5.14 Å². The Bertz CT molecular complexity index is 599. The first-order valence-corrected chi connectivity index (χ1v) is 8.61. The van der Waals surface area contributed by atoms with Crippen LogP contribution in [0.25, 0.3) is 0 Å². The SMILES string of the molecule is CCCCCOC(=O)c1cc(Br)cc(S(N)(=O)=O)c1C. The lowest BCUT2D eigenvalue weighted by Crippen LogP contribution is -2.17. The van der Waals surface area contributed by atoms with Crippen molar-refractivity contribution < 1.29 is 17.9 Å². The van der Waals surface area contributed by atoms with Crippen LogP contribution in [0.1, 0.15) is 42.1 Å². The molecular formula is C13H18BrNO4S. The van der Waals surface area contributed by atoms with Crippen molar-refractivity contribution in [2.75, 3.05) is 6.61 Å². The number of halogens is 1. The number of primary sulfonamides is 1. The molecule has 0 radical (unpaired) electrons. The van der Waals surface area contributed by atoms with Crippen LogP contribution in [-0.2, 0) is 14.8 Å². The third kappa shape index (κ3) is 4.57. The zero-order chi connectivity index (χ0) is 15.3. The molecule has 0 aliphatic heterocycles. The minimum Gasteiger partial charge on any atom is -0.462 e. The van der Waals surface area contributed by atoms with Crippen LogP contribution in [0.15, 0.2) is 21.5 Å². The molecule has 112 valence electrons. The summed E-state index contributed by atoms with van der Waals surface area (Å²) in [7, 11) is -3.88. The fourth-order valence-electron chi connectivity index (χ4n) is 1.76. The maximum atomic E-state index is 12.0. The van der Waals surface area contributed by atoms with Crippen LogP contribution in [-0.4, -0.2) is 21.0 Å². The summed E-state index contributed by atoms with van der Waals surface area (Å²) in [6, 6.07) is 2.91. The van der Waals surface area contributed by atoms with Gasteiger partial charge in [-0.1, -0.05) is 35.7 Å². The number of rotatable bonds is 6. The molecule has 0 bridgehead atoms. The lowest BCUT2D eigenvalue weighted by molar-refractivity contribution is 0.0497. The van der Waals surface area contributed by atoms with Gasteiger partial charge in [0, 0.05) is 4.47 Å². The predicted molar refractivity (Wildman–Crippen MR) is 80.1 cm³/mol. The highest BCUT2D eigenvalue weighted by Gasteiger charge is 2.20. The molecule has 0 saturated carbocycles. The first-order chi connectivity index (χ1) is 9.27. The van der Waals surface area contributed by atoms with Gasteiger partial charge in [-0.3, -0.25) is 0 Å². The molecule has 0 aliphatic carbocycles. The second kappa shape index (κ2) is 7.19. The molecule has 0 spiro atoms. The lowest BCUT2D eigenvalue weighted by atomic mass is 10.1. The van der Waals surface area contributed by atoms with Gasteiger partial charge in [0.1, 0.15) is 0 Å². The topological polar surface area (TPSA) is 86.5 Å². The highest BCUT2D eigenvalue weighted by molar-refractivity contribution is 9.10. The van der Waals surface area contributed by atoms with E-state index >= 15 is 0 Å². The average Bonchev–Trinajstić information content (AvgIpc) is 2.35. The van der Waals surface area contributed by atoms with Crippen molar-refractivity contribution in [1.82, 2.24) is 0 Å². The van der Waals surface area contributed by atoms with Gasteiger partial charge in [-0.05, 0) is 31.0 Å². The van der Waals surface area contributed by atoms with E-state index in [4.69, 9.17) is 9.88 Å². The predicted octanol–water partition coefficient (Wildman–Crippen LogP) is 2.75. The number of unbranched alkanes of at least 4 members (excludes halogenated alkanes) is 2. The molecule has 0 aromatic heterocycles. The molecule has 0 saturated heterocycles. The quantitative estimate of drug-likeness (QED) is 0.621. The molecule has 0 aliphatic rings.